The van der Waals surface area contributed by atoms with Crippen LogP contribution in [0.5, 0.6) is 5.75 Å². The van der Waals surface area contributed by atoms with Crippen molar-refractivity contribution in [2.75, 3.05) is 11.9 Å². The third-order valence-electron chi connectivity index (χ3n) is 4.53. The maximum absolute atomic E-state index is 14.0. The second-order valence-corrected chi connectivity index (χ2v) is 9.23. The van der Waals surface area contributed by atoms with Crippen molar-refractivity contribution in [3.05, 3.63) is 84.4 Å². The lowest BCUT2D eigenvalue weighted by atomic mass is 10.1. The summed E-state index contributed by atoms with van der Waals surface area (Å²) in [7, 11) is 4.34. The van der Waals surface area contributed by atoms with Crippen LogP contribution >= 0.6 is 18.5 Å². The summed E-state index contributed by atoms with van der Waals surface area (Å²) >= 11 is 0. The van der Waals surface area contributed by atoms with Crippen molar-refractivity contribution in [3.8, 4) is 17.1 Å². The molecule has 2 unspecified atom stereocenters. The number of anilines is 2. The van der Waals surface area contributed by atoms with Crippen molar-refractivity contribution in [2.24, 2.45) is 0 Å². The number of alkyl halides is 1. The van der Waals surface area contributed by atoms with Crippen molar-refractivity contribution >= 4 is 29.9 Å². The molecule has 0 aliphatic heterocycles. The first kappa shape index (κ1) is 21.4. The molecule has 9 heteroatoms. The predicted molar refractivity (Wildman–Crippen MR) is 127 cm³/mol. The summed E-state index contributed by atoms with van der Waals surface area (Å²) in [6.07, 6.45) is 0. The molecule has 0 saturated heterocycles. The van der Waals surface area contributed by atoms with Crippen LogP contribution in [0.3, 0.4) is 0 Å². The fourth-order valence-corrected chi connectivity index (χ4v) is 3.34. The summed E-state index contributed by atoms with van der Waals surface area (Å²) in [5.74, 6) is 1.31. The number of tetrazole rings is 1. The quantitative estimate of drug-likeness (QED) is 0.381. The largest absolute Gasteiger partial charge is 0.492 e. The van der Waals surface area contributed by atoms with Crippen LogP contribution in [-0.4, -0.2) is 26.8 Å². The van der Waals surface area contributed by atoms with E-state index in [1.807, 2.05) is 66.7 Å². The third-order valence-corrected chi connectivity index (χ3v) is 5.20. The molecule has 31 heavy (non-hydrogen) atoms. The molecule has 158 valence electrons. The average molecular weight is 453 g/mol. The molecule has 6 nitrogen and oxygen atoms in total. The molecule has 1 aromatic heterocycles. The van der Waals surface area contributed by atoms with Gasteiger partial charge in [-0.15, -0.1) is 10.2 Å². The highest BCUT2D eigenvalue weighted by Gasteiger charge is 2.18. The van der Waals surface area contributed by atoms with Crippen LogP contribution in [0.25, 0.3) is 11.4 Å². The van der Waals surface area contributed by atoms with E-state index >= 15 is 0 Å². The molecule has 4 aromatic rings. The van der Waals surface area contributed by atoms with Gasteiger partial charge in [0.15, 0.2) is 5.15 Å². The molecule has 0 saturated carbocycles. The zero-order valence-corrected chi connectivity index (χ0v) is 19.0. The number of nitrogens with one attached hydrogen (secondary N) is 1. The molecular weight excluding hydrogens is 431 g/mol. The first-order valence-corrected chi connectivity index (χ1v) is 10.8. The smallest absolute Gasteiger partial charge is 0.207 e. The molecule has 0 fully saturated rings. The van der Waals surface area contributed by atoms with Gasteiger partial charge in [0, 0.05) is 16.9 Å². The van der Waals surface area contributed by atoms with E-state index in [0.29, 0.717) is 24.5 Å². The maximum Gasteiger partial charge on any atom is 0.207 e. The van der Waals surface area contributed by atoms with Gasteiger partial charge in [0.25, 0.3) is 0 Å². The molecule has 2 atom stereocenters. The minimum Gasteiger partial charge on any atom is -0.492 e. The lowest BCUT2D eigenvalue weighted by Crippen LogP contribution is -2.11. The maximum atomic E-state index is 14.0. The summed E-state index contributed by atoms with van der Waals surface area (Å²) in [5.41, 5.74) is 3.04. The van der Waals surface area contributed by atoms with Gasteiger partial charge in [0.2, 0.25) is 5.82 Å². The molecule has 3 aromatic carbocycles. The second-order valence-electron chi connectivity index (χ2n) is 6.89. The first-order valence-electron chi connectivity index (χ1n) is 9.68. The van der Waals surface area contributed by atoms with E-state index in [4.69, 9.17) is 4.74 Å². The predicted octanol–water partition coefficient (Wildman–Crippen LogP) is 4.99. The molecule has 0 aliphatic rings. The van der Waals surface area contributed by atoms with E-state index in [1.54, 1.807) is 12.1 Å². The Labute approximate surface area is 184 Å². The van der Waals surface area contributed by atoms with Gasteiger partial charge in [-0.2, -0.15) is 4.80 Å². The highest BCUT2D eigenvalue weighted by molar-refractivity contribution is 7.38. The van der Waals surface area contributed by atoms with Gasteiger partial charge >= 0.3 is 0 Å². The van der Waals surface area contributed by atoms with Crippen LogP contribution in [-0.2, 0) is 11.7 Å². The molecule has 0 amide bonds. The summed E-state index contributed by atoms with van der Waals surface area (Å²) < 4.78 is 19.7. The zero-order valence-electron chi connectivity index (χ0n) is 16.6. The summed E-state index contributed by atoms with van der Waals surface area (Å²) in [6, 6.07) is 24.5. The fourth-order valence-electron chi connectivity index (χ4n) is 2.96. The number of rotatable bonds is 8. The molecule has 4 rings (SSSR count). The Morgan fingerprint density at radius 2 is 1.65 bits per heavy atom. The van der Waals surface area contributed by atoms with Crippen molar-refractivity contribution in [1.29, 1.82) is 0 Å². The van der Waals surface area contributed by atoms with Crippen LogP contribution in [0.2, 0.25) is 0 Å². The monoisotopic (exact) mass is 453 g/mol. The minimum absolute atomic E-state index is 0.438. The van der Waals surface area contributed by atoms with Crippen molar-refractivity contribution in [2.45, 2.75) is 11.7 Å². The van der Waals surface area contributed by atoms with Crippen LogP contribution in [0, 0.1) is 0 Å². The number of hydrogen-bond acceptors (Lipinski definition) is 5. The molecule has 0 aliphatic carbocycles. The van der Waals surface area contributed by atoms with Gasteiger partial charge in [-0.05, 0) is 47.2 Å². The van der Waals surface area contributed by atoms with E-state index in [0.717, 1.165) is 22.7 Å². The van der Waals surface area contributed by atoms with Crippen LogP contribution in [0.1, 0.15) is 5.56 Å². The van der Waals surface area contributed by atoms with Crippen LogP contribution in [0.4, 0.5) is 15.8 Å². The number of benzene rings is 3. The Bertz CT molecular complexity index is 1130. The molecular formula is C22H22FN5OP2. The Hall–Kier alpha value is -2.88. The molecule has 0 bridgehead atoms. The SMILES string of the molecule is FC(P)(P)c1ccc(Nc2ccccc2-c2nnn(CCOc3ccccc3)n2)cc1. The lowest BCUT2D eigenvalue weighted by Gasteiger charge is -2.15. The Balaban J connectivity index is 1.45. The second kappa shape index (κ2) is 9.51. The zero-order chi connectivity index (χ0) is 21.7. The number of ether oxygens (including phenoxy) is 1. The number of hydrogen-bond donors (Lipinski definition) is 1. The molecule has 1 heterocycles. The van der Waals surface area contributed by atoms with Crippen molar-refractivity contribution in [1.82, 2.24) is 20.2 Å². The van der Waals surface area contributed by atoms with E-state index in [-0.39, 0.29) is 0 Å². The standard InChI is InChI=1S/C22H22FN5OP2/c23-22(30,31)16-10-12-17(13-11-16)24-20-9-5-4-8-19(20)21-25-27-28(26-21)14-15-29-18-6-2-1-3-7-18/h1-13,24H,14-15,30-31H2. The normalized spacial score (nSPS) is 11.3. The topological polar surface area (TPSA) is 64.9 Å². The van der Waals surface area contributed by atoms with Gasteiger partial charge in [-0.3, -0.25) is 0 Å². The van der Waals surface area contributed by atoms with Crippen LogP contribution < -0.4 is 10.1 Å². The number of para-hydroxylation sites is 2. The van der Waals surface area contributed by atoms with Gasteiger partial charge in [-0.1, -0.05) is 60.9 Å². The summed E-state index contributed by atoms with van der Waals surface area (Å²) in [5, 5.41) is 14.6. The van der Waals surface area contributed by atoms with Crippen molar-refractivity contribution in [3.63, 3.8) is 0 Å². The summed E-state index contributed by atoms with van der Waals surface area (Å²) in [6.45, 7) is 0.918. The van der Waals surface area contributed by atoms with E-state index in [2.05, 4.69) is 39.2 Å². The summed E-state index contributed by atoms with van der Waals surface area (Å²) in [4.78, 5) is 1.52. The third kappa shape index (κ3) is 5.63. The molecule has 0 spiro atoms. The molecule has 1 N–H and O–H groups in total. The average Bonchev–Trinajstić information content (AvgIpc) is 3.23. The van der Waals surface area contributed by atoms with Gasteiger partial charge < -0.3 is 10.1 Å². The highest BCUT2D eigenvalue weighted by Crippen LogP contribution is 2.40. The van der Waals surface area contributed by atoms with E-state index < -0.39 is 5.15 Å². The van der Waals surface area contributed by atoms with Gasteiger partial charge in [0.1, 0.15) is 12.4 Å². The van der Waals surface area contributed by atoms with E-state index in [1.165, 1.54) is 4.80 Å². The molecule has 0 radical (unpaired) electrons. The number of nitrogens with zero attached hydrogens (tertiary/aromatic N) is 4. The number of halogens is 1. The lowest BCUT2D eigenvalue weighted by molar-refractivity contribution is 0.280. The van der Waals surface area contributed by atoms with E-state index in [9.17, 15) is 4.39 Å². The van der Waals surface area contributed by atoms with Crippen molar-refractivity contribution < 1.29 is 9.13 Å². The number of aromatic nitrogens is 4. The van der Waals surface area contributed by atoms with Gasteiger partial charge in [0.05, 0.1) is 6.54 Å². The Morgan fingerprint density at radius 1 is 0.935 bits per heavy atom. The fraction of sp³-hybridized carbons (Fsp3) is 0.136. The Kier molecular flexibility index (Phi) is 6.55. The first-order chi connectivity index (χ1) is 15.0. The van der Waals surface area contributed by atoms with Crippen LogP contribution in [0.15, 0.2) is 78.9 Å². The highest BCUT2D eigenvalue weighted by atomic mass is 31.1. The minimum atomic E-state index is -1.54. The van der Waals surface area contributed by atoms with Gasteiger partial charge in [-0.25, -0.2) is 4.39 Å². The Morgan fingerprint density at radius 3 is 2.39 bits per heavy atom.